The topological polar surface area (TPSA) is 3.24 Å². The van der Waals surface area contributed by atoms with Gasteiger partial charge in [0.25, 0.3) is 0 Å². The standard InChI is InChI=1S/C15H17N.3CH4/c1-12-4-8-14(9-5-12)16(3)15-10-6-13(2)7-11-15;;;/h4-11H,1-3H3;3*1H4. The number of anilines is 2. The first-order valence-electron chi connectivity index (χ1n) is 5.54. The zero-order valence-electron chi connectivity index (χ0n) is 10.1. The normalized spacial score (nSPS) is 8.58. The molecular formula is C18H29N. The fourth-order valence-electron chi connectivity index (χ4n) is 1.69. The summed E-state index contributed by atoms with van der Waals surface area (Å²) in [5, 5.41) is 0. The maximum Gasteiger partial charge on any atom is 0.0408 e. The van der Waals surface area contributed by atoms with E-state index in [0.717, 1.165) is 0 Å². The first kappa shape index (κ1) is 19.6. The van der Waals surface area contributed by atoms with Gasteiger partial charge in [-0.25, -0.2) is 0 Å². The molecule has 0 radical (unpaired) electrons. The fourth-order valence-corrected chi connectivity index (χ4v) is 1.69. The molecule has 0 spiro atoms. The van der Waals surface area contributed by atoms with Crippen molar-refractivity contribution in [1.82, 2.24) is 0 Å². The highest BCUT2D eigenvalue weighted by Gasteiger charge is 2.02. The van der Waals surface area contributed by atoms with E-state index in [2.05, 4.69) is 74.3 Å². The van der Waals surface area contributed by atoms with Crippen LogP contribution in [0.2, 0.25) is 0 Å². The van der Waals surface area contributed by atoms with Crippen molar-refractivity contribution in [2.45, 2.75) is 36.1 Å². The predicted octanol–water partition coefficient (Wildman–Crippen LogP) is 5.98. The summed E-state index contributed by atoms with van der Waals surface area (Å²) < 4.78 is 0. The molecule has 2 aromatic rings. The molecule has 0 aliphatic carbocycles. The van der Waals surface area contributed by atoms with Crippen molar-refractivity contribution in [3.05, 3.63) is 59.7 Å². The van der Waals surface area contributed by atoms with Gasteiger partial charge in [-0.15, -0.1) is 0 Å². The van der Waals surface area contributed by atoms with Gasteiger partial charge >= 0.3 is 0 Å². The van der Waals surface area contributed by atoms with Crippen molar-refractivity contribution in [3.8, 4) is 0 Å². The molecule has 0 fully saturated rings. The van der Waals surface area contributed by atoms with Crippen molar-refractivity contribution in [2.75, 3.05) is 11.9 Å². The molecule has 0 saturated carbocycles. The van der Waals surface area contributed by atoms with E-state index in [-0.39, 0.29) is 22.3 Å². The van der Waals surface area contributed by atoms with Crippen LogP contribution < -0.4 is 4.90 Å². The van der Waals surface area contributed by atoms with E-state index in [9.17, 15) is 0 Å². The lowest BCUT2D eigenvalue weighted by Gasteiger charge is -2.19. The molecule has 0 amide bonds. The van der Waals surface area contributed by atoms with Gasteiger partial charge in [-0.3, -0.25) is 0 Å². The molecule has 0 atom stereocenters. The third kappa shape index (κ3) is 4.78. The Morgan fingerprint density at radius 2 is 0.842 bits per heavy atom. The Morgan fingerprint density at radius 1 is 0.579 bits per heavy atom. The first-order valence-corrected chi connectivity index (χ1v) is 5.54. The summed E-state index contributed by atoms with van der Waals surface area (Å²) in [6.07, 6.45) is 0. The largest absolute Gasteiger partial charge is 0.345 e. The van der Waals surface area contributed by atoms with Gasteiger partial charge < -0.3 is 4.90 Å². The molecule has 0 unspecified atom stereocenters. The molecule has 0 heterocycles. The van der Waals surface area contributed by atoms with Gasteiger partial charge in [0.2, 0.25) is 0 Å². The molecule has 2 rings (SSSR count). The molecule has 0 N–H and O–H groups in total. The van der Waals surface area contributed by atoms with Crippen LogP contribution in [0.15, 0.2) is 48.5 Å². The minimum Gasteiger partial charge on any atom is -0.345 e. The summed E-state index contributed by atoms with van der Waals surface area (Å²) >= 11 is 0. The second-order valence-corrected chi connectivity index (χ2v) is 4.23. The fraction of sp³-hybridized carbons (Fsp3) is 0.333. The minimum absolute atomic E-state index is 0. The first-order chi connectivity index (χ1) is 7.66. The van der Waals surface area contributed by atoms with Gasteiger partial charge in [-0.05, 0) is 38.1 Å². The van der Waals surface area contributed by atoms with E-state index >= 15 is 0 Å². The smallest absolute Gasteiger partial charge is 0.0408 e. The quantitative estimate of drug-likeness (QED) is 0.641. The number of benzene rings is 2. The Hall–Kier alpha value is -1.76. The molecule has 2 aromatic carbocycles. The van der Waals surface area contributed by atoms with Crippen LogP contribution in [0.5, 0.6) is 0 Å². The van der Waals surface area contributed by atoms with Gasteiger partial charge in [0.1, 0.15) is 0 Å². The highest BCUT2D eigenvalue weighted by Crippen LogP contribution is 2.23. The molecule has 19 heavy (non-hydrogen) atoms. The molecule has 106 valence electrons. The number of aryl methyl sites for hydroxylation is 2. The summed E-state index contributed by atoms with van der Waals surface area (Å²) in [4.78, 5) is 2.19. The zero-order chi connectivity index (χ0) is 11.5. The SMILES string of the molecule is C.C.C.Cc1ccc(N(C)c2ccc(C)cc2)cc1. The summed E-state index contributed by atoms with van der Waals surface area (Å²) in [6, 6.07) is 17.1. The lowest BCUT2D eigenvalue weighted by atomic mass is 10.2. The van der Waals surface area contributed by atoms with Crippen molar-refractivity contribution >= 4 is 11.4 Å². The Morgan fingerprint density at radius 3 is 1.11 bits per heavy atom. The monoisotopic (exact) mass is 259 g/mol. The van der Waals surface area contributed by atoms with Crippen molar-refractivity contribution in [3.63, 3.8) is 0 Å². The van der Waals surface area contributed by atoms with Crippen LogP contribution in [0, 0.1) is 13.8 Å². The van der Waals surface area contributed by atoms with Crippen LogP contribution in [0.4, 0.5) is 11.4 Å². The van der Waals surface area contributed by atoms with Crippen molar-refractivity contribution < 1.29 is 0 Å². The Kier molecular flexibility index (Phi) is 8.61. The van der Waals surface area contributed by atoms with E-state index in [4.69, 9.17) is 0 Å². The van der Waals surface area contributed by atoms with Gasteiger partial charge in [-0.1, -0.05) is 57.7 Å². The van der Waals surface area contributed by atoms with E-state index in [1.54, 1.807) is 0 Å². The molecule has 1 heteroatoms. The number of hydrogen-bond donors (Lipinski definition) is 0. The summed E-state index contributed by atoms with van der Waals surface area (Å²) in [5.74, 6) is 0. The summed E-state index contributed by atoms with van der Waals surface area (Å²) in [6.45, 7) is 4.21. The van der Waals surface area contributed by atoms with Crippen LogP contribution in [0.1, 0.15) is 33.4 Å². The highest BCUT2D eigenvalue weighted by molar-refractivity contribution is 5.62. The molecule has 0 saturated heterocycles. The molecule has 1 nitrogen and oxygen atoms in total. The third-order valence-corrected chi connectivity index (χ3v) is 2.84. The van der Waals surface area contributed by atoms with Gasteiger partial charge in [-0.2, -0.15) is 0 Å². The number of rotatable bonds is 2. The molecule has 0 aliphatic heterocycles. The van der Waals surface area contributed by atoms with Crippen LogP contribution >= 0.6 is 0 Å². The van der Waals surface area contributed by atoms with E-state index in [0.29, 0.717) is 0 Å². The maximum absolute atomic E-state index is 2.19. The van der Waals surface area contributed by atoms with Crippen molar-refractivity contribution in [2.24, 2.45) is 0 Å². The van der Waals surface area contributed by atoms with Crippen LogP contribution in [0.25, 0.3) is 0 Å². The molecule has 0 aromatic heterocycles. The third-order valence-electron chi connectivity index (χ3n) is 2.84. The van der Waals surface area contributed by atoms with Crippen LogP contribution in [-0.2, 0) is 0 Å². The Balaban J connectivity index is 0. The zero-order valence-corrected chi connectivity index (χ0v) is 10.1. The molecule has 0 aliphatic rings. The van der Waals surface area contributed by atoms with E-state index in [1.807, 2.05) is 0 Å². The van der Waals surface area contributed by atoms with Gasteiger partial charge in [0.05, 0.1) is 0 Å². The van der Waals surface area contributed by atoms with E-state index in [1.165, 1.54) is 22.5 Å². The number of hydrogen-bond acceptors (Lipinski definition) is 1. The number of nitrogens with zero attached hydrogens (tertiary/aromatic N) is 1. The van der Waals surface area contributed by atoms with Crippen molar-refractivity contribution in [1.29, 1.82) is 0 Å². The second-order valence-electron chi connectivity index (χ2n) is 4.23. The Bertz CT molecular complexity index is 409. The summed E-state index contributed by atoms with van der Waals surface area (Å²) in [5.41, 5.74) is 5.02. The highest BCUT2D eigenvalue weighted by atomic mass is 15.1. The van der Waals surface area contributed by atoms with Crippen LogP contribution in [0.3, 0.4) is 0 Å². The summed E-state index contributed by atoms with van der Waals surface area (Å²) in [7, 11) is 2.09. The van der Waals surface area contributed by atoms with Crippen LogP contribution in [-0.4, -0.2) is 7.05 Å². The molecule has 0 bridgehead atoms. The second kappa shape index (κ2) is 8.36. The minimum atomic E-state index is 0. The maximum atomic E-state index is 2.19. The van der Waals surface area contributed by atoms with Gasteiger partial charge in [0.15, 0.2) is 0 Å². The molecular weight excluding hydrogens is 230 g/mol. The Labute approximate surface area is 119 Å². The lowest BCUT2D eigenvalue weighted by Crippen LogP contribution is -2.08. The average Bonchev–Trinajstić information content (AvgIpc) is 2.30. The van der Waals surface area contributed by atoms with E-state index < -0.39 is 0 Å². The lowest BCUT2D eigenvalue weighted by molar-refractivity contribution is 1.20. The van der Waals surface area contributed by atoms with Gasteiger partial charge in [0, 0.05) is 18.4 Å². The average molecular weight is 259 g/mol. The predicted molar refractivity (Wildman–Crippen MR) is 90.6 cm³/mol.